The van der Waals surface area contributed by atoms with Crippen LogP contribution in [-0.2, 0) is 27.9 Å². The summed E-state index contributed by atoms with van der Waals surface area (Å²) in [4.78, 5) is 22.5. The van der Waals surface area contributed by atoms with E-state index in [0.29, 0.717) is 13.0 Å². The summed E-state index contributed by atoms with van der Waals surface area (Å²) >= 11 is 0. The van der Waals surface area contributed by atoms with E-state index >= 15 is 0 Å². The van der Waals surface area contributed by atoms with Gasteiger partial charge >= 0.3 is 13.8 Å². The summed E-state index contributed by atoms with van der Waals surface area (Å²) < 4.78 is 33.6. The Kier molecular flexibility index (Phi) is 46.7. The second-order valence-electron chi connectivity index (χ2n) is 17.0. The van der Waals surface area contributed by atoms with E-state index < -0.39 is 13.9 Å². The van der Waals surface area contributed by atoms with Gasteiger partial charge in [0.1, 0.15) is 6.10 Å². The van der Waals surface area contributed by atoms with Crippen molar-refractivity contribution >= 4 is 13.8 Å². The molecule has 0 saturated heterocycles. The standard InChI is InChI=1S/C49H98NO7P/c1-3-5-7-9-11-13-15-17-19-21-22-23-24-25-26-27-29-31-33-35-37-39-41-44-54-46-48(47-56-58(52,53)55-45-43-50)57-49(51)42-40-38-36-34-32-30-28-20-18-16-14-12-10-8-6-4-2/h20,28,48H,3-19,21-27,29-47,50H2,1-2H3,(H,52,53)/b28-20-. The Morgan fingerprint density at radius 2 is 0.862 bits per heavy atom. The topological polar surface area (TPSA) is 117 Å². The number of carbonyl (C=O) groups is 1. The Hall–Kier alpha value is -0.760. The molecular weight excluding hydrogens is 746 g/mol. The molecule has 0 aliphatic heterocycles. The van der Waals surface area contributed by atoms with Crippen LogP contribution < -0.4 is 5.73 Å². The number of allylic oxidation sites excluding steroid dienone is 2. The van der Waals surface area contributed by atoms with Crippen molar-refractivity contribution in [2.75, 3.05) is 33.0 Å². The molecule has 3 N–H and O–H groups in total. The lowest BCUT2D eigenvalue weighted by Gasteiger charge is -2.20. The zero-order valence-corrected chi connectivity index (χ0v) is 39.5. The van der Waals surface area contributed by atoms with Crippen molar-refractivity contribution in [1.29, 1.82) is 0 Å². The maximum absolute atomic E-state index is 12.6. The summed E-state index contributed by atoms with van der Waals surface area (Å²) in [5, 5.41) is 0. The minimum atomic E-state index is -4.28. The van der Waals surface area contributed by atoms with Gasteiger partial charge in [0.15, 0.2) is 0 Å². The predicted molar refractivity (Wildman–Crippen MR) is 247 cm³/mol. The van der Waals surface area contributed by atoms with E-state index in [1.54, 1.807) is 0 Å². The van der Waals surface area contributed by atoms with Crippen molar-refractivity contribution in [2.24, 2.45) is 5.73 Å². The molecule has 2 unspecified atom stereocenters. The maximum Gasteiger partial charge on any atom is 0.472 e. The van der Waals surface area contributed by atoms with E-state index in [9.17, 15) is 14.3 Å². The average molecular weight is 844 g/mol. The summed E-state index contributed by atoms with van der Waals surface area (Å²) in [7, 11) is -4.28. The molecule has 346 valence electrons. The molecule has 0 aliphatic carbocycles. The number of nitrogens with two attached hydrogens (primary N) is 1. The molecule has 0 bridgehead atoms. The smallest absolute Gasteiger partial charge is 0.457 e. The second-order valence-corrected chi connectivity index (χ2v) is 18.5. The number of carbonyl (C=O) groups excluding carboxylic acids is 1. The quantitative estimate of drug-likeness (QED) is 0.0269. The third-order valence-electron chi connectivity index (χ3n) is 11.2. The lowest BCUT2D eigenvalue weighted by atomic mass is 10.0. The van der Waals surface area contributed by atoms with E-state index in [2.05, 4.69) is 26.0 Å². The fourth-order valence-electron chi connectivity index (χ4n) is 7.46. The van der Waals surface area contributed by atoms with Gasteiger partial charge in [-0.1, -0.05) is 225 Å². The molecule has 2 atom stereocenters. The van der Waals surface area contributed by atoms with Gasteiger partial charge in [-0.05, 0) is 38.5 Å². The molecule has 0 spiro atoms. The molecule has 0 heterocycles. The fourth-order valence-corrected chi connectivity index (χ4v) is 8.23. The number of unbranched alkanes of at least 4 members (excludes halogenated alkanes) is 34. The van der Waals surface area contributed by atoms with Gasteiger partial charge in [0.2, 0.25) is 0 Å². The van der Waals surface area contributed by atoms with Crippen molar-refractivity contribution in [2.45, 2.75) is 264 Å². The van der Waals surface area contributed by atoms with Crippen molar-refractivity contribution in [3.8, 4) is 0 Å². The monoisotopic (exact) mass is 844 g/mol. The summed E-state index contributed by atoms with van der Waals surface area (Å²) in [6.07, 6.45) is 52.5. The molecule has 0 amide bonds. The molecular formula is C49H98NO7P. The van der Waals surface area contributed by atoms with Gasteiger partial charge in [0.05, 0.1) is 19.8 Å². The maximum atomic E-state index is 12.6. The first-order valence-corrected chi connectivity index (χ1v) is 26.7. The third kappa shape index (κ3) is 46.3. The highest BCUT2D eigenvalue weighted by Crippen LogP contribution is 2.43. The first-order valence-electron chi connectivity index (χ1n) is 25.2. The van der Waals surface area contributed by atoms with Crippen molar-refractivity contribution < 1.29 is 32.8 Å². The number of phosphoric ester groups is 1. The molecule has 0 radical (unpaired) electrons. The van der Waals surface area contributed by atoms with Crippen LogP contribution in [0.15, 0.2) is 12.2 Å². The van der Waals surface area contributed by atoms with Crippen LogP contribution >= 0.6 is 7.82 Å². The summed E-state index contributed by atoms with van der Waals surface area (Å²) in [6, 6.07) is 0. The minimum absolute atomic E-state index is 0.0934. The van der Waals surface area contributed by atoms with Gasteiger partial charge in [-0.25, -0.2) is 4.57 Å². The molecule has 0 aromatic heterocycles. The normalized spacial score (nSPS) is 13.4. The number of phosphoric acid groups is 1. The van der Waals surface area contributed by atoms with Gasteiger partial charge in [-0.15, -0.1) is 0 Å². The number of esters is 1. The van der Waals surface area contributed by atoms with Crippen LogP contribution in [0.4, 0.5) is 0 Å². The number of hydrogen-bond acceptors (Lipinski definition) is 7. The lowest BCUT2D eigenvalue weighted by Crippen LogP contribution is -2.28. The highest BCUT2D eigenvalue weighted by atomic mass is 31.2. The fraction of sp³-hybridized carbons (Fsp3) is 0.939. The van der Waals surface area contributed by atoms with Gasteiger partial charge < -0.3 is 20.1 Å². The molecule has 58 heavy (non-hydrogen) atoms. The lowest BCUT2D eigenvalue weighted by molar-refractivity contribution is -0.154. The highest BCUT2D eigenvalue weighted by molar-refractivity contribution is 7.47. The van der Waals surface area contributed by atoms with Gasteiger partial charge in [-0.3, -0.25) is 13.8 Å². The predicted octanol–water partition coefficient (Wildman–Crippen LogP) is 15.4. The molecule has 0 aromatic rings. The zero-order valence-electron chi connectivity index (χ0n) is 38.6. The van der Waals surface area contributed by atoms with Crippen molar-refractivity contribution in [1.82, 2.24) is 0 Å². The molecule has 0 aliphatic rings. The van der Waals surface area contributed by atoms with Crippen LogP contribution in [0.5, 0.6) is 0 Å². The van der Waals surface area contributed by atoms with Crippen LogP contribution in [0.1, 0.15) is 258 Å². The Morgan fingerprint density at radius 3 is 1.26 bits per heavy atom. The van der Waals surface area contributed by atoms with E-state index in [1.807, 2.05) is 0 Å². The number of ether oxygens (including phenoxy) is 2. The molecule has 0 saturated carbocycles. The highest BCUT2D eigenvalue weighted by Gasteiger charge is 2.25. The molecule has 0 aromatic carbocycles. The van der Waals surface area contributed by atoms with Crippen LogP contribution in [0, 0.1) is 0 Å². The Morgan fingerprint density at radius 1 is 0.500 bits per heavy atom. The van der Waals surface area contributed by atoms with E-state index in [1.165, 1.54) is 193 Å². The summed E-state index contributed by atoms with van der Waals surface area (Å²) in [6.45, 7) is 4.97. The SMILES string of the molecule is CCCCCCCCC/C=C\CCCCCCCC(=O)OC(COCCCCCCCCCCCCCCCCCCCCCCCCC)COP(=O)(O)OCCN. The Bertz CT molecular complexity index is 904. The Balaban J connectivity index is 3.89. The van der Waals surface area contributed by atoms with Crippen molar-refractivity contribution in [3.63, 3.8) is 0 Å². The molecule has 8 nitrogen and oxygen atoms in total. The average Bonchev–Trinajstić information content (AvgIpc) is 3.21. The van der Waals surface area contributed by atoms with E-state index in [-0.39, 0.29) is 32.3 Å². The van der Waals surface area contributed by atoms with Gasteiger partial charge in [0.25, 0.3) is 0 Å². The Labute approximate surface area is 360 Å². The van der Waals surface area contributed by atoms with Crippen LogP contribution in [-0.4, -0.2) is 49.9 Å². The van der Waals surface area contributed by atoms with Crippen LogP contribution in [0.25, 0.3) is 0 Å². The summed E-state index contributed by atoms with van der Waals surface area (Å²) in [5.41, 5.74) is 5.38. The second kappa shape index (κ2) is 47.3. The van der Waals surface area contributed by atoms with E-state index in [0.717, 1.165) is 44.9 Å². The zero-order chi connectivity index (χ0) is 42.3. The summed E-state index contributed by atoms with van der Waals surface area (Å²) in [5.74, 6) is -0.333. The van der Waals surface area contributed by atoms with Crippen LogP contribution in [0.2, 0.25) is 0 Å². The van der Waals surface area contributed by atoms with Crippen LogP contribution in [0.3, 0.4) is 0 Å². The first kappa shape index (κ1) is 57.2. The number of hydrogen-bond donors (Lipinski definition) is 2. The third-order valence-corrected chi connectivity index (χ3v) is 12.2. The molecule has 0 rings (SSSR count). The first-order chi connectivity index (χ1) is 28.4. The van der Waals surface area contributed by atoms with E-state index in [4.69, 9.17) is 24.3 Å². The van der Waals surface area contributed by atoms with Gasteiger partial charge in [-0.2, -0.15) is 0 Å². The largest absolute Gasteiger partial charge is 0.472 e. The molecule has 9 heteroatoms. The number of rotatable bonds is 49. The minimum Gasteiger partial charge on any atom is -0.457 e. The van der Waals surface area contributed by atoms with Gasteiger partial charge in [0, 0.05) is 19.6 Å². The molecule has 0 fully saturated rings. The van der Waals surface area contributed by atoms with Crippen molar-refractivity contribution in [3.05, 3.63) is 12.2 Å².